The van der Waals surface area contributed by atoms with Gasteiger partial charge >= 0.3 is 0 Å². The lowest BCUT2D eigenvalue weighted by atomic mass is 10.0. The molecule has 29 heavy (non-hydrogen) atoms. The number of nitrogens with one attached hydrogen (secondary N) is 1. The molecule has 4 aromatic rings. The minimum absolute atomic E-state index is 0.139. The van der Waals surface area contributed by atoms with Crippen LogP contribution < -0.4 is 11.1 Å². The number of carbonyl (C=O) groups is 1. The molecular weight excluding hydrogens is 384 g/mol. The Morgan fingerprint density at radius 1 is 1.28 bits per heavy atom. The maximum Gasteiger partial charge on any atom is 0.251 e. The van der Waals surface area contributed by atoms with Gasteiger partial charge < -0.3 is 11.1 Å². The smallest absolute Gasteiger partial charge is 0.251 e. The zero-order chi connectivity index (χ0) is 20.4. The highest BCUT2D eigenvalue weighted by Crippen LogP contribution is 2.20. The predicted molar refractivity (Wildman–Crippen MR) is 113 cm³/mol. The third-order valence-electron chi connectivity index (χ3n) is 4.50. The molecule has 1 aromatic carbocycles. The fraction of sp³-hybridized carbons (Fsp3) is 0.143. The van der Waals surface area contributed by atoms with Crippen LogP contribution in [0.2, 0.25) is 0 Å². The molecule has 144 valence electrons. The van der Waals surface area contributed by atoms with Crippen LogP contribution in [-0.2, 0) is 13.6 Å². The fourth-order valence-corrected chi connectivity index (χ4v) is 3.57. The molecule has 3 heterocycles. The Bertz CT molecular complexity index is 1260. The van der Waals surface area contributed by atoms with Crippen LogP contribution in [0.25, 0.3) is 11.0 Å². The van der Waals surface area contributed by atoms with Crippen molar-refractivity contribution in [1.29, 1.82) is 0 Å². The van der Waals surface area contributed by atoms with E-state index in [0.29, 0.717) is 34.7 Å². The molecule has 0 bridgehead atoms. The molecule has 3 aromatic heterocycles. The maximum absolute atomic E-state index is 12.5. The number of nitrogens with zero attached hydrogens (tertiary/aromatic N) is 4. The number of nitrogen functional groups attached to an aromatic ring is 1. The molecule has 0 atom stereocenters. The van der Waals surface area contributed by atoms with E-state index >= 15 is 0 Å². The minimum Gasteiger partial charge on any atom is -0.383 e. The molecule has 0 saturated heterocycles. The number of hydrogen-bond acceptors (Lipinski definition) is 6. The maximum atomic E-state index is 12.5. The molecule has 0 fully saturated rings. The summed E-state index contributed by atoms with van der Waals surface area (Å²) in [5.74, 6) is 6.37. The van der Waals surface area contributed by atoms with Crippen LogP contribution in [0.4, 0.5) is 5.82 Å². The Labute approximate surface area is 171 Å². The predicted octanol–water partition coefficient (Wildman–Crippen LogP) is 2.65. The van der Waals surface area contributed by atoms with E-state index in [4.69, 9.17) is 5.73 Å². The van der Waals surface area contributed by atoms with E-state index in [2.05, 4.69) is 32.2 Å². The second kappa shape index (κ2) is 7.73. The van der Waals surface area contributed by atoms with Gasteiger partial charge in [-0.3, -0.25) is 4.79 Å². The number of rotatable bonds is 3. The molecule has 7 nitrogen and oxygen atoms in total. The summed E-state index contributed by atoms with van der Waals surface area (Å²) < 4.78 is 1.62. The van der Waals surface area contributed by atoms with Crippen molar-refractivity contribution < 1.29 is 4.79 Å². The molecule has 0 aliphatic carbocycles. The van der Waals surface area contributed by atoms with Crippen LogP contribution in [0.5, 0.6) is 0 Å². The number of fused-ring (bicyclic) bond motifs is 1. The normalized spacial score (nSPS) is 10.6. The number of aryl methyl sites for hydroxylation is 2. The van der Waals surface area contributed by atoms with Crippen LogP contribution in [0, 0.1) is 18.8 Å². The summed E-state index contributed by atoms with van der Waals surface area (Å²) in [6.07, 6.45) is 1.40. The Morgan fingerprint density at radius 2 is 2.14 bits per heavy atom. The fourth-order valence-electron chi connectivity index (χ4n) is 2.90. The lowest BCUT2D eigenvalue weighted by molar-refractivity contribution is 0.0951. The molecule has 4 rings (SSSR count). The second-order valence-electron chi connectivity index (χ2n) is 6.52. The minimum atomic E-state index is -0.139. The van der Waals surface area contributed by atoms with Crippen molar-refractivity contribution in [3.05, 3.63) is 69.3 Å². The van der Waals surface area contributed by atoms with Crippen LogP contribution in [0.15, 0.2) is 41.4 Å². The zero-order valence-corrected chi connectivity index (χ0v) is 16.7. The van der Waals surface area contributed by atoms with E-state index in [9.17, 15) is 4.79 Å². The van der Waals surface area contributed by atoms with Gasteiger partial charge in [-0.1, -0.05) is 12.0 Å². The molecule has 0 spiro atoms. The number of benzene rings is 1. The van der Waals surface area contributed by atoms with Crippen molar-refractivity contribution in [2.45, 2.75) is 13.5 Å². The Balaban J connectivity index is 1.62. The summed E-state index contributed by atoms with van der Waals surface area (Å²) in [7, 11) is 1.78. The van der Waals surface area contributed by atoms with Gasteiger partial charge in [-0.15, -0.1) is 0 Å². The summed E-state index contributed by atoms with van der Waals surface area (Å²) in [6, 6.07) is 7.46. The van der Waals surface area contributed by atoms with Gasteiger partial charge in [0.2, 0.25) is 0 Å². The van der Waals surface area contributed by atoms with Gasteiger partial charge in [0.25, 0.3) is 5.91 Å². The molecule has 8 heteroatoms. The van der Waals surface area contributed by atoms with Crippen molar-refractivity contribution in [2.24, 2.45) is 7.05 Å². The van der Waals surface area contributed by atoms with Crippen molar-refractivity contribution in [2.75, 3.05) is 5.73 Å². The van der Waals surface area contributed by atoms with E-state index < -0.39 is 0 Å². The largest absolute Gasteiger partial charge is 0.383 e. The summed E-state index contributed by atoms with van der Waals surface area (Å²) in [5, 5.41) is 11.9. The number of hydrogen-bond donors (Lipinski definition) is 2. The van der Waals surface area contributed by atoms with Crippen molar-refractivity contribution in [1.82, 2.24) is 25.1 Å². The van der Waals surface area contributed by atoms with Gasteiger partial charge in [0.1, 0.15) is 17.8 Å². The highest BCUT2D eigenvalue weighted by molar-refractivity contribution is 7.07. The summed E-state index contributed by atoms with van der Waals surface area (Å²) in [4.78, 5) is 20.7. The molecule has 0 unspecified atom stereocenters. The van der Waals surface area contributed by atoms with E-state index in [1.54, 1.807) is 35.2 Å². The number of anilines is 1. The summed E-state index contributed by atoms with van der Waals surface area (Å²) in [6.45, 7) is 2.45. The second-order valence-corrected chi connectivity index (χ2v) is 7.30. The van der Waals surface area contributed by atoms with Gasteiger partial charge in [0, 0.05) is 24.7 Å². The molecule has 3 N–H and O–H groups in total. The number of amides is 1. The van der Waals surface area contributed by atoms with E-state index in [0.717, 1.165) is 16.7 Å². The first kappa shape index (κ1) is 18.7. The Morgan fingerprint density at radius 3 is 2.93 bits per heavy atom. The monoisotopic (exact) mass is 402 g/mol. The first-order valence-corrected chi connectivity index (χ1v) is 9.82. The van der Waals surface area contributed by atoms with Crippen molar-refractivity contribution >= 4 is 34.1 Å². The standard InChI is InChI=1S/C21H18N6OS/c1-13-3-4-16(21(28)23-10-14-7-8-29-11-14)9-15(13)5-6-17-18-19(22)24-12-25-20(18)27(2)26-17/h3-4,7-9,11-12H,10H2,1-2H3,(H,23,28)(H2,22,24,25). The molecule has 0 aliphatic heterocycles. The van der Waals surface area contributed by atoms with E-state index in [-0.39, 0.29) is 5.91 Å². The molecule has 0 saturated carbocycles. The highest BCUT2D eigenvalue weighted by Gasteiger charge is 2.12. The Kier molecular flexibility index (Phi) is 4.97. The molecular formula is C21H18N6OS. The van der Waals surface area contributed by atoms with Crippen LogP contribution in [-0.4, -0.2) is 25.7 Å². The van der Waals surface area contributed by atoms with Crippen molar-refractivity contribution in [3.8, 4) is 11.8 Å². The number of nitrogens with two attached hydrogens (primary N) is 1. The third-order valence-corrected chi connectivity index (χ3v) is 5.23. The first-order valence-electron chi connectivity index (χ1n) is 8.88. The van der Waals surface area contributed by atoms with E-state index in [1.165, 1.54) is 6.33 Å². The molecule has 0 aliphatic rings. The zero-order valence-electron chi connectivity index (χ0n) is 15.9. The first-order chi connectivity index (χ1) is 14.0. The van der Waals surface area contributed by atoms with Crippen LogP contribution in [0.3, 0.4) is 0 Å². The SMILES string of the molecule is Cc1ccc(C(=O)NCc2ccsc2)cc1C#Cc1nn(C)c2ncnc(N)c12. The average Bonchev–Trinajstić information content (AvgIpc) is 3.34. The van der Waals surface area contributed by atoms with Crippen LogP contribution in [0.1, 0.15) is 32.7 Å². The van der Waals surface area contributed by atoms with Gasteiger partial charge in [-0.2, -0.15) is 16.4 Å². The summed E-state index contributed by atoms with van der Waals surface area (Å²) >= 11 is 1.60. The quantitative estimate of drug-likeness (QED) is 0.513. The van der Waals surface area contributed by atoms with Gasteiger partial charge in [0.05, 0.1) is 5.39 Å². The van der Waals surface area contributed by atoms with Crippen molar-refractivity contribution in [3.63, 3.8) is 0 Å². The van der Waals surface area contributed by atoms with Gasteiger partial charge in [-0.05, 0) is 52.9 Å². The van der Waals surface area contributed by atoms with Gasteiger partial charge in [-0.25, -0.2) is 14.6 Å². The Hall–Kier alpha value is -3.70. The number of aromatic nitrogens is 4. The van der Waals surface area contributed by atoms with Gasteiger partial charge in [0.15, 0.2) is 5.65 Å². The average molecular weight is 402 g/mol. The topological polar surface area (TPSA) is 98.7 Å². The third kappa shape index (κ3) is 3.81. The summed E-state index contributed by atoms with van der Waals surface area (Å²) in [5.41, 5.74) is 10.5. The molecule has 0 radical (unpaired) electrons. The lowest BCUT2D eigenvalue weighted by Crippen LogP contribution is -2.22. The number of carbonyl (C=O) groups excluding carboxylic acids is 1. The van der Waals surface area contributed by atoms with E-state index in [1.807, 2.05) is 29.8 Å². The highest BCUT2D eigenvalue weighted by atomic mass is 32.1. The number of thiophene rings is 1. The van der Waals surface area contributed by atoms with Crippen LogP contribution >= 0.6 is 11.3 Å². The molecule has 1 amide bonds. The lowest BCUT2D eigenvalue weighted by Gasteiger charge is -2.06.